The Hall–Kier alpha value is -1.35. The number of halogens is 3. The molecule has 0 unspecified atom stereocenters. The fraction of sp³-hybridized carbons (Fsp3) is 0.913. The lowest BCUT2D eigenvalue weighted by Gasteiger charge is -2.55. The van der Waals surface area contributed by atoms with Crippen LogP contribution < -0.4 is 5.32 Å². The van der Waals surface area contributed by atoms with Gasteiger partial charge in [-0.05, 0) is 62.7 Å². The quantitative estimate of drug-likeness (QED) is 0.539. The average Bonchev–Trinajstić information content (AvgIpc) is 2.72. The normalized spacial score (nSPS) is 32.3. The maximum absolute atomic E-state index is 13.0. The van der Waals surface area contributed by atoms with E-state index < -0.39 is 12.8 Å². The summed E-state index contributed by atoms with van der Waals surface area (Å²) in [5.74, 6) is 2.40. The number of hydrogen-bond acceptors (Lipinski definition) is 4. The van der Waals surface area contributed by atoms with Crippen molar-refractivity contribution < 1.29 is 27.5 Å². The van der Waals surface area contributed by atoms with Gasteiger partial charge in [0.1, 0.15) is 6.61 Å². The third kappa shape index (κ3) is 5.95. The number of ether oxygens (including phenoxy) is 1. The van der Waals surface area contributed by atoms with E-state index in [1.165, 1.54) is 19.3 Å². The summed E-state index contributed by atoms with van der Waals surface area (Å²) in [4.78, 5) is 29.5. The lowest BCUT2D eigenvalue weighted by molar-refractivity contribution is -0.174. The monoisotopic (exact) mass is 459 g/mol. The van der Waals surface area contributed by atoms with Crippen LogP contribution in [0.15, 0.2) is 0 Å². The first-order valence-electron chi connectivity index (χ1n) is 12.2. The highest BCUT2D eigenvalue weighted by Crippen LogP contribution is 2.60. The molecule has 4 saturated carbocycles. The highest BCUT2D eigenvalue weighted by molar-refractivity contribution is 5.84. The molecule has 6 nitrogen and oxygen atoms in total. The fourth-order valence-electron chi connectivity index (χ4n) is 6.82. The van der Waals surface area contributed by atoms with Crippen LogP contribution in [-0.4, -0.2) is 80.3 Å². The van der Waals surface area contributed by atoms with Gasteiger partial charge in [-0.2, -0.15) is 13.2 Å². The molecule has 1 saturated heterocycles. The topological polar surface area (TPSA) is 61.9 Å². The Labute approximate surface area is 188 Å². The van der Waals surface area contributed by atoms with Crippen molar-refractivity contribution in [2.75, 3.05) is 52.5 Å². The lowest BCUT2D eigenvalue weighted by atomic mass is 9.49. The van der Waals surface area contributed by atoms with E-state index in [0.717, 1.165) is 37.0 Å². The number of rotatable bonds is 9. The number of carbonyl (C=O) groups is 2. The van der Waals surface area contributed by atoms with Gasteiger partial charge in [-0.3, -0.25) is 14.5 Å². The molecule has 0 aromatic heterocycles. The van der Waals surface area contributed by atoms with Crippen LogP contribution in [0.3, 0.4) is 0 Å². The molecule has 0 aromatic carbocycles. The van der Waals surface area contributed by atoms with Gasteiger partial charge < -0.3 is 15.0 Å². The smallest absolute Gasteiger partial charge is 0.372 e. The van der Waals surface area contributed by atoms with Crippen LogP contribution in [-0.2, 0) is 14.3 Å². The maximum Gasteiger partial charge on any atom is 0.411 e. The van der Waals surface area contributed by atoms with Crippen LogP contribution in [0.5, 0.6) is 0 Å². The van der Waals surface area contributed by atoms with Crippen molar-refractivity contribution in [3.8, 4) is 0 Å². The summed E-state index contributed by atoms with van der Waals surface area (Å²) in [6.07, 6.45) is 3.59. The summed E-state index contributed by atoms with van der Waals surface area (Å²) in [6, 6.07) is 0. The Morgan fingerprint density at radius 3 is 2.12 bits per heavy atom. The molecule has 1 heterocycles. The second-order valence-electron chi connectivity index (χ2n) is 10.4. The number of amides is 2. The fourth-order valence-corrected chi connectivity index (χ4v) is 6.82. The summed E-state index contributed by atoms with van der Waals surface area (Å²) >= 11 is 0. The second-order valence-corrected chi connectivity index (χ2v) is 10.4. The predicted octanol–water partition coefficient (Wildman–Crippen LogP) is 2.82. The van der Waals surface area contributed by atoms with Crippen molar-refractivity contribution in [3.63, 3.8) is 0 Å². The third-order valence-corrected chi connectivity index (χ3v) is 7.90. The first-order chi connectivity index (χ1) is 15.2. The Kier molecular flexibility index (Phi) is 7.34. The second kappa shape index (κ2) is 9.87. The molecule has 4 aliphatic carbocycles. The molecule has 0 spiro atoms. The van der Waals surface area contributed by atoms with Gasteiger partial charge in [-0.15, -0.1) is 0 Å². The van der Waals surface area contributed by atoms with E-state index in [0.29, 0.717) is 52.1 Å². The average molecular weight is 460 g/mol. The highest BCUT2D eigenvalue weighted by atomic mass is 19.4. The van der Waals surface area contributed by atoms with E-state index >= 15 is 0 Å². The molecule has 5 rings (SSSR count). The SMILES string of the molecule is O=C(CCNC(=O)C12CC3CC(CC(C3)C1)C2)N1CCN(CCCOCC(F)(F)F)CC1. The zero-order valence-electron chi connectivity index (χ0n) is 18.8. The van der Waals surface area contributed by atoms with E-state index in [-0.39, 0.29) is 23.8 Å². The van der Waals surface area contributed by atoms with Crippen molar-refractivity contribution in [3.05, 3.63) is 0 Å². The molecular formula is C23H36F3N3O3. The van der Waals surface area contributed by atoms with Crippen LogP contribution in [0, 0.1) is 23.2 Å². The minimum Gasteiger partial charge on any atom is -0.372 e. The third-order valence-electron chi connectivity index (χ3n) is 7.90. The van der Waals surface area contributed by atoms with Gasteiger partial charge in [0.25, 0.3) is 0 Å². The number of nitrogens with one attached hydrogen (secondary N) is 1. The van der Waals surface area contributed by atoms with Gasteiger partial charge in [0.05, 0.1) is 0 Å². The summed E-state index contributed by atoms with van der Waals surface area (Å²) < 4.78 is 40.8. The molecule has 4 bridgehead atoms. The maximum atomic E-state index is 13.0. The highest BCUT2D eigenvalue weighted by Gasteiger charge is 2.54. The minimum atomic E-state index is -4.28. The molecular weight excluding hydrogens is 423 g/mol. The van der Waals surface area contributed by atoms with E-state index in [9.17, 15) is 22.8 Å². The molecule has 5 aliphatic rings. The van der Waals surface area contributed by atoms with Crippen LogP contribution in [0.1, 0.15) is 51.4 Å². The van der Waals surface area contributed by atoms with Crippen molar-refractivity contribution >= 4 is 11.8 Å². The summed E-state index contributed by atoms with van der Waals surface area (Å²) in [7, 11) is 0. The van der Waals surface area contributed by atoms with E-state index in [1.54, 1.807) is 0 Å². The van der Waals surface area contributed by atoms with Gasteiger partial charge >= 0.3 is 6.18 Å². The molecule has 1 aliphatic heterocycles. The van der Waals surface area contributed by atoms with Gasteiger partial charge in [0.15, 0.2) is 0 Å². The van der Waals surface area contributed by atoms with Gasteiger partial charge in [0.2, 0.25) is 11.8 Å². The predicted molar refractivity (Wildman–Crippen MR) is 113 cm³/mol. The summed E-state index contributed by atoms with van der Waals surface area (Å²) in [5, 5.41) is 3.08. The van der Waals surface area contributed by atoms with Gasteiger partial charge in [0, 0.05) is 57.7 Å². The Balaban J connectivity index is 1.09. The van der Waals surface area contributed by atoms with Crippen LogP contribution in [0.25, 0.3) is 0 Å². The van der Waals surface area contributed by atoms with E-state index in [1.807, 2.05) is 4.90 Å². The molecule has 0 aromatic rings. The molecule has 182 valence electrons. The molecule has 9 heteroatoms. The van der Waals surface area contributed by atoms with Crippen molar-refractivity contribution in [2.45, 2.75) is 57.5 Å². The van der Waals surface area contributed by atoms with Gasteiger partial charge in [-0.1, -0.05) is 0 Å². The van der Waals surface area contributed by atoms with Gasteiger partial charge in [-0.25, -0.2) is 0 Å². The Bertz CT molecular complexity index is 642. The minimum absolute atomic E-state index is 0.0592. The first-order valence-corrected chi connectivity index (χ1v) is 12.2. The van der Waals surface area contributed by atoms with Crippen LogP contribution in [0.4, 0.5) is 13.2 Å². The molecule has 0 atom stereocenters. The van der Waals surface area contributed by atoms with Crippen molar-refractivity contribution in [2.24, 2.45) is 23.2 Å². The number of nitrogens with zero attached hydrogens (tertiary/aromatic N) is 2. The Morgan fingerprint density at radius 1 is 0.969 bits per heavy atom. The van der Waals surface area contributed by atoms with Crippen LogP contribution in [0.2, 0.25) is 0 Å². The number of carbonyl (C=O) groups excluding carboxylic acids is 2. The number of alkyl halides is 3. The van der Waals surface area contributed by atoms with E-state index in [4.69, 9.17) is 0 Å². The first kappa shape index (κ1) is 23.8. The lowest BCUT2D eigenvalue weighted by Crippen LogP contribution is -2.54. The largest absolute Gasteiger partial charge is 0.411 e. The number of hydrogen-bond donors (Lipinski definition) is 1. The molecule has 0 radical (unpaired) electrons. The molecule has 32 heavy (non-hydrogen) atoms. The summed E-state index contributed by atoms with van der Waals surface area (Å²) in [6.45, 7) is 2.61. The Morgan fingerprint density at radius 2 is 1.56 bits per heavy atom. The molecule has 5 fully saturated rings. The zero-order chi connectivity index (χ0) is 22.8. The molecule has 1 N–H and O–H groups in total. The molecule has 2 amide bonds. The number of piperazine rings is 1. The van der Waals surface area contributed by atoms with E-state index in [2.05, 4.69) is 15.0 Å². The summed E-state index contributed by atoms with van der Waals surface area (Å²) in [5.41, 5.74) is -0.173. The van der Waals surface area contributed by atoms with Crippen molar-refractivity contribution in [1.29, 1.82) is 0 Å². The standard InChI is InChI=1S/C23H36F3N3O3/c24-23(25,26)16-32-9-1-4-28-5-7-29(8-6-28)20(30)2-3-27-21(31)22-13-17-10-18(14-22)12-19(11-17)15-22/h17-19H,1-16H2,(H,27,31). The zero-order valence-corrected chi connectivity index (χ0v) is 18.8. The van der Waals surface area contributed by atoms with Crippen molar-refractivity contribution in [1.82, 2.24) is 15.1 Å². The van der Waals surface area contributed by atoms with Crippen LogP contribution >= 0.6 is 0 Å².